The van der Waals surface area contributed by atoms with Crippen LogP contribution in [0.5, 0.6) is 0 Å². The molecule has 0 atom stereocenters. The fourth-order valence-electron chi connectivity index (χ4n) is 2.14. The van der Waals surface area contributed by atoms with Crippen LogP contribution in [0.15, 0.2) is 24.3 Å². The molecule has 0 aromatic heterocycles. The molecule has 0 saturated carbocycles. The molecule has 0 aliphatic carbocycles. The van der Waals surface area contributed by atoms with Crippen LogP contribution < -0.4 is 5.19 Å². The van der Waals surface area contributed by atoms with E-state index < -0.39 is 8.56 Å². The maximum absolute atomic E-state index is 6.28. The van der Waals surface area contributed by atoms with Gasteiger partial charge < -0.3 is 8.85 Å². The molecule has 0 fully saturated rings. The Kier molecular flexibility index (Phi) is 8.46. The second kappa shape index (κ2) is 9.56. The maximum atomic E-state index is 6.28. The molecule has 0 radical (unpaired) electrons. The molecule has 0 heterocycles. The summed E-state index contributed by atoms with van der Waals surface area (Å²) in [7, 11) is -2.32. The first-order valence-corrected chi connectivity index (χ1v) is 10.1. The predicted octanol–water partition coefficient (Wildman–Crippen LogP) is 4.64. The third-order valence-corrected chi connectivity index (χ3v) is 7.04. The summed E-state index contributed by atoms with van der Waals surface area (Å²) in [5.41, 5.74) is 0. The van der Waals surface area contributed by atoms with Gasteiger partial charge >= 0.3 is 8.56 Å². The van der Waals surface area contributed by atoms with E-state index in [0.29, 0.717) is 0 Å². The van der Waals surface area contributed by atoms with Gasteiger partial charge in [-0.2, -0.15) is 0 Å². The van der Waals surface area contributed by atoms with Gasteiger partial charge in [0.2, 0.25) is 0 Å². The van der Waals surface area contributed by atoms with Crippen LogP contribution in [0.25, 0.3) is 0 Å². The topological polar surface area (TPSA) is 18.5 Å². The zero-order chi connectivity index (χ0) is 14.8. The van der Waals surface area contributed by atoms with Crippen molar-refractivity contribution in [1.82, 2.24) is 0 Å². The second-order valence-corrected chi connectivity index (χ2v) is 8.66. The highest BCUT2D eigenvalue weighted by atomic mass is 35.5. The van der Waals surface area contributed by atoms with E-state index in [9.17, 15) is 0 Å². The predicted molar refractivity (Wildman–Crippen MR) is 89.0 cm³/mol. The Labute approximate surface area is 129 Å². The van der Waals surface area contributed by atoms with Gasteiger partial charge in [-0.15, -0.1) is 0 Å². The van der Waals surface area contributed by atoms with Gasteiger partial charge in [-0.3, -0.25) is 0 Å². The van der Waals surface area contributed by atoms with Crippen LogP contribution in [0.3, 0.4) is 0 Å². The Morgan fingerprint density at radius 1 is 0.900 bits per heavy atom. The van der Waals surface area contributed by atoms with Crippen molar-refractivity contribution in [3.63, 3.8) is 0 Å². The Morgan fingerprint density at radius 2 is 1.45 bits per heavy atom. The molecule has 1 aromatic rings. The Bertz CT molecular complexity index is 345. The SMILES string of the molecule is CCCC[Si](OCCC)(OCCC)c1ccc(Cl)cc1. The highest BCUT2D eigenvalue weighted by Crippen LogP contribution is 2.20. The van der Waals surface area contributed by atoms with Gasteiger partial charge in [0.25, 0.3) is 0 Å². The Morgan fingerprint density at radius 3 is 1.90 bits per heavy atom. The van der Waals surface area contributed by atoms with Crippen LogP contribution >= 0.6 is 11.6 Å². The summed E-state index contributed by atoms with van der Waals surface area (Å²) < 4.78 is 12.6. The third kappa shape index (κ3) is 5.21. The van der Waals surface area contributed by atoms with E-state index in [2.05, 4.69) is 32.9 Å². The minimum Gasteiger partial charge on any atom is -0.391 e. The van der Waals surface area contributed by atoms with Crippen molar-refractivity contribution in [2.45, 2.75) is 52.5 Å². The summed E-state index contributed by atoms with van der Waals surface area (Å²) in [4.78, 5) is 0. The van der Waals surface area contributed by atoms with Gasteiger partial charge in [0.1, 0.15) is 0 Å². The molecule has 4 heteroatoms. The van der Waals surface area contributed by atoms with E-state index in [1.807, 2.05) is 12.1 Å². The molecule has 0 unspecified atom stereocenters. The van der Waals surface area contributed by atoms with Crippen molar-refractivity contribution in [3.05, 3.63) is 29.3 Å². The number of rotatable bonds is 10. The molecule has 1 rings (SSSR count). The number of hydrogen-bond acceptors (Lipinski definition) is 2. The molecule has 0 aliphatic heterocycles. The zero-order valence-electron chi connectivity index (χ0n) is 13.0. The van der Waals surface area contributed by atoms with Gasteiger partial charge in [-0.05, 0) is 36.2 Å². The first-order chi connectivity index (χ1) is 9.68. The molecular formula is C16H27ClO2Si. The largest absolute Gasteiger partial charge is 0.391 e. The van der Waals surface area contributed by atoms with Crippen LogP contribution in [0.4, 0.5) is 0 Å². The van der Waals surface area contributed by atoms with Crippen LogP contribution in [-0.4, -0.2) is 21.8 Å². The molecular weight excluding hydrogens is 288 g/mol. The molecule has 2 nitrogen and oxygen atoms in total. The van der Waals surface area contributed by atoms with Gasteiger partial charge in [0, 0.05) is 18.2 Å². The molecule has 1 aromatic carbocycles. The van der Waals surface area contributed by atoms with Crippen LogP contribution in [0.1, 0.15) is 46.5 Å². The molecule has 0 N–H and O–H groups in total. The van der Waals surface area contributed by atoms with Crippen molar-refractivity contribution in [1.29, 1.82) is 0 Å². The van der Waals surface area contributed by atoms with Crippen LogP contribution in [0.2, 0.25) is 11.1 Å². The second-order valence-electron chi connectivity index (χ2n) is 5.06. The van der Waals surface area contributed by atoms with Crippen molar-refractivity contribution in [2.24, 2.45) is 0 Å². The zero-order valence-corrected chi connectivity index (χ0v) is 14.7. The van der Waals surface area contributed by atoms with Crippen molar-refractivity contribution in [2.75, 3.05) is 13.2 Å². The average Bonchev–Trinajstić information content (AvgIpc) is 2.48. The van der Waals surface area contributed by atoms with Gasteiger partial charge in [0.15, 0.2) is 0 Å². The highest BCUT2D eigenvalue weighted by Gasteiger charge is 2.39. The maximum Gasteiger partial charge on any atom is 0.372 e. The number of benzene rings is 1. The molecule has 0 spiro atoms. The quantitative estimate of drug-likeness (QED) is 0.586. The molecule has 114 valence electrons. The summed E-state index contributed by atoms with van der Waals surface area (Å²) >= 11 is 6.01. The van der Waals surface area contributed by atoms with Gasteiger partial charge in [0.05, 0.1) is 0 Å². The number of hydrogen-bond donors (Lipinski definition) is 0. The monoisotopic (exact) mass is 314 g/mol. The van der Waals surface area contributed by atoms with Crippen molar-refractivity contribution >= 4 is 25.3 Å². The first-order valence-electron chi connectivity index (χ1n) is 7.72. The molecule has 0 aliphatic rings. The lowest BCUT2D eigenvalue weighted by molar-refractivity contribution is 0.179. The van der Waals surface area contributed by atoms with Crippen molar-refractivity contribution in [3.8, 4) is 0 Å². The lowest BCUT2D eigenvalue weighted by Gasteiger charge is -2.31. The Hall–Kier alpha value is -0.353. The van der Waals surface area contributed by atoms with E-state index in [1.54, 1.807) is 0 Å². The lowest BCUT2D eigenvalue weighted by atomic mass is 10.4. The van der Waals surface area contributed by atoms with E-state index in [4.69, 9.17) is 20.5 Å². The van der Waals surface area contributed by atoms with Crippen LogP contribution in [-0.2, 0) is 8.85 Å². The molecule has 0 amide bonds. The fraction of sp³-hybridized carbons (Fsp3) is 0.625. The summed E-state index contributed by atoms with van der Waals surface area (Å²) in [5.74, 6) is 0. The fourth-order valence-corrected chi connectivity index (χ4v) is 5.83. The molecule has 0 saturated heterocycles. The number of halogens is 1. The minimum absolute atomic E-state index is 0.762. The smallest absolute Gasteiger partial charge is 0.372 e. The van der Waals surface area contributed by atoms with Gasteiger partial charge in [-0.1, -0.05) is 57.3 Å². The lowest BCUT2D eigenvalue weighted by Crippen LogP contribution is -2.54. The summed E-state index contributed by atoms with van der Waals surface area (Å²) in [6.45, 7) is 8.02. The van der Waals surface area contributed by atoms with Gasteiger partial charge in [-0.25, -0.2) is 0 Å². The standard InChI is InChI=1S/C16H27ClO2Si/c1-4-7-14-20(18-12-5-2,19-13-6-3)16-10-8-15(17)9-11-16/h8-11H,4-7,12-14H2,1-3H3. The first kappa shape index (κ1) is 17.7. The summed E-state index contributed by atoms with van der Waals surface area (Å²) in [6, 6.07) is 9.06. The third-order valence-electron chi connectivity index (χ3n) is 3.22. The molecule has 0 bridgehead atoms. The normalized spacial score (nSPS) is 11.8. The minimum atomic E-state index is -2.32. The molecule has 20 heavy (non-hydrogen) atoms. The van der Waals surface area contributed by atoms with E-state index >= 15 is 0 Å². The average molecular weight is 315 g/mol. The summed E-state index contributed by atoms with van der Waals surface area (Å²) in [5, 5.41) is 1.97. The summed E-state index contributed by atoms with van der Waals surface area (Å²) in [6.07, 6.45) is 4.34. The van der Waals surface area contributed by atoms with Crippen LogP contribution in [0, 0.1) is 0 Å². The van der Waals surface area contributed by atoms with E-state index in [-0.39, 0.29) is 0 Å². The van der Waals surface area contributed by atoms with E-state index in [0.717, 1.165) is 50.0 Å². The Balaban J connectivity index is 3.00. The number of unbranched alkanes of at least 4 members (excludes halogenated alkanes) is 1. The van der Waals surface area contributed by atoms with E-state index in [1.165, 1.54) is 5.19 Å². The van der Waals surface area contributed by atoms with Crippen molar-refractivity contribution < 1.29 is 8.85 Å². The highest BCUT2D eigenvalue weighted by molar-refractivity contribution is 6.81.